The van der Waals surface area contributed by atoms with Crippen molar-refractivity contribution in [3.63, 3.8) is 0 Å². The first-order valence-electron chi connectivity index (χ1n) is 10.9. The average Bonchev–Trinajstić information content (AvgIpc) is 3.10. The topological polar surface area (TPSA) is 77.1 Å². The molecule has 0 atom stereocenters. The molecule has 0 fully saturated rings. The largest absolute Gasteiger partial charge is 0.480 e. The molecule has 164 valence electrons. The summed E-state index contributed by atoms with van der Waals surface area (Å²) in [6.07, 6.45) is 0.686. The molecule has 0 spiro atoms. The van der Waals surface area contributed by atoms with Crippen molar-refractivity contribution in [1.82, 2.24) is 14.3 Å². The summed E-state index contributed by atoms with van der Waals surface area (Å²) in [5.41, 5.74) is 4.20. The summed E-state index contributed by atoms with van der Waals surface area (Å²) in [6.45, 7) is 2.22. The van der Waals surface area contributed by atoms with Gasteiger partial charge in [-0.2, -0.15) is 5.10 Å². The molecule has 0 saturated heterocycles. The van der Waals surface area contributed by atoms with Gasteiger partial charge in [-0.3, -0.25) is 9.59 Å². The van der Waals surface area contributed by atoms with Gasteiger partial charge in [-0.25, -0.2) is 4.68 Å². The molecule has 0 unspecified atom stereocenters. The van der Waals surface area contributed by atoms with Crippen molar-refractivity contribution in [2.45, 2.75) is 26.4 Å². The van der Waals surface area contributed by atoms with E-state index in [2.05, 4.69) is 0 Å². The standard InChI is InChI=1S/C27H23N3O3/c1-18-25(22-13-7-8-14-23(22)29(18)17-24(31)32)26-20-11-5-6-12-21(20)27(33)30(28-26)16-15-19-9-3-2-4-10-19/h2-14H,15-17H2,1H3,(H,31,32). The van der Waals surface area contributed by atoms with Crippen molar-refractivity contribution in [2.75, 3.05) is 0 Å². The van der Waals surface area contributed by atoms with E-state index in [1.807, 2.05) is 85.8 Å². The highest BCUT2D eigenvalue weighted by molar-refractivity contribution is 6.05. The smallest absolute Gasteiger partial charge is 0.323 e. The van der Waals surface area contributed by atoms with Gasteiger partial charge in [0.2, 0.25) is 0 Å². The summed E-state index contributed by atoms with van der Waals surface area (Å²) in [6, 6.07) is 25.2. The number of carbonyl (C=O) groups is 1. The lowest BCUT2D eigenvalue weighted by atomic mass is 10.0. The second-order valence-corrected chi connectivity index (χ2v) is 8.12. The highest BCUT2D eigenvalue weighted by atomic mass is 16.4. The van der Waals surface area contributed by atoms with E-state index >= 15 is 0 Å². The van der Waals surface area contributed by atoms with Crippen molar-refractivity contribution in [3.8, 4) is 11.3 Å². The monoisotopic (exact) mass is 437 g/mol. The summed E-state index contributed by atoms with van der Waals surface area (Å²) in [5, 5.41) is 16.6. The first-order valence-corrected chi connectivity index (χ1v) is 10.9. The summed E-state index contributed by atoms with van der Waals surface area (Å²) in [4.78, 5) is 24.8. The highest BCUT2D eigenvalue weighted by Gasteiger charge is 2.21. The van der Waals surface area contributed by atoms with Gasteiger partial charge in [-0.05, 0) is 31.0 Å². The summed E-state index contributed by atoms with van der Waals surface area (Å²) in [7, 11) is 0. The zero-order valence-electron chi connectivity index (χ0n) is 18.2. The number of hydrogen-bond donors (Lipinski definition) is 1. The molecule has 0 radical (unpaired) electrons. The fourth-order valence-corrected chi connectivity index (χ4v) is 4.52. The van der Waals surface area contributed by atoms with E-state index in [1.54, 1.807) is 4.57 Å². The van der Waals surface area contributed by atoms with E-state index in [0.717, 1.165) is 33.1 Å². The van der Waals surface area contributed by atoms with Crippen LogP contribution < -0.4 is 5.56 Å². The van der Waals surface area contributed by atoms with Gasteiger partial charge in [0, 0.05) is 34.1 Å². The lowest BCUT2D eigenvalue weighted by Crippen LogP contribution is -2.25. The number of carboxylic acid groups (broad SMARTS) is 1. The van der Waals surface area contributed by atoms with E-state index in [1.165, 1.54) is 4.68 Å². The van der Waals surface area contributed by atoms with Gasteiger partial charge >= 0.3 is 5.97 Å². The fourth-order valence-electron chi connectivity index (χ4n) is 4.52. The van der Waals surface area contributed by atoms with Crippen LogP contribution in [0, 0.1) is 6.92 Å². The van der Waals surface area contributed by atoms with Crippen molar-refractivity contribution in [3.05, 3.63) is 100 Å². The molecule has 5 aromatic rings. The van der Waals surface area contributed by atoms with Crippen LogP contribution >= 0.6 is 0 Å². The highest BCUT2D eigenvalue weighted by Crippen LogP contribution is 2.36. The first kappa shape index (κ1) is 20.7. The van der Waals surface area contributed by atoms with Crippen LogP contribution in [0.2, 0.25) is 0 Å². The molecule has 5 rings (SSSR count). The zero-order chi connectivity index (χ0) is 22.9. The minimum atomic E-state index is -0.906. The molecule has 0 bridgehead atoms. The van der Waals surface area contributed by atoms with Crippen molar-refractivity contribution in [1.29, 1.82) is 0 Å². The number of benzene rings is 3. The van der Waals surface area contributed by atoms with E-state index in [9.17, 15) is 14.7 Å². The van der Waals surface area contributed by atoms with Crippen molar-refractivity contribution >= 4 is 27.6 Å². The fraction of sp³-hybridized carbons (Fsp3) is 0.148. The number of aliphatic carboxylic acids is 1. The second kappa shape index (κ2) is 8.39. The Morgan fingerprint density at radius 2 is 1.52 bits per heavy atom. The molecule has 0 aliphatic heterocycles. The molecule has 0 aliphatic rings. The van der Waals surface area contributed by atoms with Gasteiger partial charge in [0.15, 0.2) is 0 Å². The molecule has 0 saturated carbocycles. The van der Waals surface area contributed by atoms with Crippen LogP contribution in [0.4, 0.5) is 0 Å². The third-order valence-corrected chi connectivity index (χ3v) is 6.08. The van der Waals surface area contributed by atoms with Crippen molar-refractivity contribution in [2.24, 2.45) is 0 Å². The maximum Gasteiger partial charge on any atom is 0.323 e. The van der Waals surface area contributed by atoms with Gasteiger partial charge in [-0.15, -0.1) is 0 Å². The van der Waals surface area contributed by atoms with Crippen LogP contribution in [-0.2, 0) is 24.3 Å². The Kier molecular flexibility index (Phi) is 5.26. The van der Waals surface area contributed by atoms with Gasteiger partial charge < -0.3 is 9.67 Å². The lowest BCUT2D eigenvalue weighted by Gasteiger charge is -2.12. The summed E-state index contributed by atoms with van der Waals surface area (Å²) >= 11 is 0. The molecule has 1 N–H and O–H groups in total. The normalized spacial score (nSPS) is 11.3. The van der Waals surface area contributed by atoms with Crippen LogP contribution in [-0.4, -0.2) is 25.4 Å². The van der Waals surface area contributed by atoms with Gasteiger partial charge in [-0.1, -0.05) is 66.7 Å². The summed E-state index contributed by atoms with van der Waals surface area (Å²) in [5.74, 6) is -0.906. The number of hydrogen-bond acceptors (Lipinski definition) is 3. The van der Waals surface area contributed by atoms with Crippen LogP contribution in [0.15, 0.2) is 83.7 Å². The molecule has 0 amide bonds. The molecular formula is C27H23N3O3. The summed E-state index contributed by atoms with van der Waals surface area (Å²) < 4.78 is 3.33. The Morgan fingerprint density at radius 3 is 2.24 bits per heavy atom. The Morgan fingerprint density at radius 1 is 0.879 bits per heavy atom. The quantitative estimate of drug-likeness (QED) is 0.419. The van der Waals surface area contributed by atoms with Gasteiger partial charge in [0.05, 0.1) is 5.39 Å². The third-order valence-electron chi connectivity index (χ3n) is 6.08. The number of rotatable bonds is 6. The number of carboxylic acids is 1. The average molecular weight is 437 g/mol. The minimum absolute atomic E-state index is 0.128. The van der Waals surface area contributed by atoms with Crippen LogP contribution in [0.3, 0.4) is 0 Å². The zero-order valence-corrected chi connectivity index (χ0v) is 18.2. The number of fused-ring (bicyclic) bond motifs is 2. The molecule has 33 heavy (non-hydrogen) atoms. The van der Waals surface area contributed by atoms with E-state index in [0.29, 0.717) is 24.0 Å². The Labute approximate surface area is 190 Å². The maximum absolute atomic E-state index is 13.2. The molecule has 2 aromatic heterocycles. The Bertz CT molecular complexity index is 1550. The lowest BCUT2D eigenvalue weighted by molar-refractivity contribution is -0.137. The Balaban J connectivity index is 1.74. The molecule has 6 heteroatoms. The number of para-hydroxylation sites is 1. The van der Waals surface area contributed by atoms with Gasteiger partial charge in [0.25, 0.3) is 5.56 Å². The predicted octanol–water partition coefficient (Wildman–Crippen LogP) is 4.65. The van der Waals surface area contributed by atoms with Crippen LogP contribution in [0.1, 0.15) is 11.3 Å². The van der Waals surface area contributed by atoms with E-state index < -0.39 is 5.97 Å². The molecular weight excluding hydrogens is 414 g/mol. The minimum Gasteiger partial charge on any atom is -0.480 e. The number of aromatic nitrogens is 3. The first-order chi connectivity index (χ1) is 16.0. The SMILES string of the molecule is Cc1c(-c2nn(CCc3ccccc3)c(=O)c3ccccc23)c2ccccc2n1CC(=O)O. The van der Waals surface area contributed by atoms with Crippen LogP contribution in [0.25, 0.3) is 32.9 Å². The van der Waals surface area contributed by atoms with E-state index in [-0.39, 0.29) is 12.1 Å². The van der Waals surface area contributed by atoms with Gasteiger partial charge in [0.1, 0.15) is 12.2 Å². The number of nitrogens with zero attached hydrogens (tertiary/aromatic N) is 3. The van der Waals surface area contributed by atoms with E-state index in [4.69, 9.17) is 5.10 Å². The molecule has 2 heterocycles. The maximum atomic E-state index is 13.2. The Hall–Kier alpha value is -4.19. The van der Waals surface area contributed by atoms with Crippen molar-refractivity contribution < 1.29 is 9.90 Å². The third kappa shape index (κ3) is 3.69. The van der Waals surface area contributed by atoms with Crippen LogP contribution in [0.5, 0.6) is 0 Å². The second-order valence-electron chi connectivity index (χ2n) is 8.12. The molecule has 0 aliphatic carbocycles. The predicted molar refractivity (Wildman–Crippen MR) is 129 cm³/mol. The molecule has 6 nitrogen and oxygen atoms in total. The number of aryl methyl sites for hydroxylation is 2. The molecule has 3 aromatic carbocycles.